The van der Waals surface area contributed by atoms with Gasteiger partial charge in [0, 0.05) is 18.3 Å². The molecule has 2 aliphatic rings. The second-order valence-electron chi connectivity index (χ2n) is 6.25. The van der Waals surface area contributed by atoms with Crippen LogP contribution in [0.15, 0.2) is 0 Å². The molecule has 0 aromatic rings. The molecule has 1 N–H and O–H groups in total. The van der Waals surface area contributed by atoms with Crippen LogP contribution in [0, 0.1) is 11.8 Å². The zero-order valence-electron chi connectivity index (χ0n) is 12.0. The molecular formula is C15H29NOS. The maximum atomic E-state index is 10.2. The van der Waals surface area contributed by atoms with Gasteiger partial charge in [0.25, 0.3) is 0 Å². The van der Waals surface area contributed by atoms with Crippen molar-refractivity contribution in [1.82, 2.24) is 4.90 Å². The summed E-state index contributed by atoms with van der Waals surface area (Å²) in [6.45, 7) is 3.38. The average Bonchev–Trinajstić information content (AvgIpc) is 2.87. The Labute approximate surface area is 117 Å². The normalized spacial score (nSPS) is 37.3. The minimum Gasteiger partial charge on any atom is -0.393 e. The van der Waals surface area contributed by atoms with E-state index in [1.54, 1.807) is 0 Å². The number of hydrogen-bond donors (Lipinski definition) is 1. The van der Waals surface area contributed by atoms with E-state index in [-0.39, 0.29) is 6.10 Å². The minimum atomic E-state index is -0.0467. The molecule has 1 heterocycles. The first-order valence-corrected chi connectivity index (χ1v) is 8.82. The maximum Gasteiger partial charge on any atom is 0.0580 e. The topological polar surface area (TPSA) is 23.5 Å². The monoisotopic (exact) mass is 271 g/mol. The van der Waals surface area contributed by atoms with Crippen LogP contribution in [-0.2, 0) is 0 Å². The molecule has 0 radical (unpaired) electrons. The Balaban J connectivity index is 1.81. The van der Waals surface area contributed by atoms with Gasteiger partial charge in [-0.05, 0) is 50.3 Å². The second kappa shape index (κ2) is 7.16. The summed E-state index contributed by atoms with van der Waals surface area (Å²) < 4.78 is 0. The second-order valence-corrected chi connectivity index (χ2v) is 7.40. The molecule has 3 heteroatoms. The first-order valence-electron chi connectivity index (χ1n) is 7.66. The highest BCUT2D eigenvalue weighted by atomic mass is 32.2. The lowest BCUT2D eigenvalue weighted by molar-refractivity contribution is 0.0248. The van der Waals surface area contributed by atoms with E-state index in [4.69, 9.17) is 0 Å². The molecule has 2 nitrogen and oxygen atoms in total. The van der Waals surface area contributed by atoms with Crippen LogP contribution >= 0.6 is 11.8 Å². The molecule has 1 saturated carbocycles. The van der Waals surface area contributed by atoms with E-state index in [2.05, 4.69) is 30.6 Å². The van der Waals surface area contributed by atoms with Crippen molar-refractivity contribution in [2.24, 2.45) is 11.8 Å². The molecule has 2 fully saturated rings. The van der Waals surface area contributed by atoms with Crippen LogP contribution in [-0.4, -0.2) is 47.3 Å². The van der Waals surface area contributed by atoms with Gasteiger partial charge in [0.15, 0.2) is 0 Å². The maximum absolute atomic E-state index is 10.2. The van der Waals surface area contributed by atoms with Gasteiger partial charge in [0.05, 0.1) is 6.10 Å². The molecule has 1 aliphatic carbocycles. The van der Waals surface area contributed by atoms with Gasteiger partial charge in [0.2, 0.25) is 0 Å². The molecule has 1 saturated heterocycles. The smallest absolute Gasteiger partial charge is 0.0580 e. The van der Waals surface area contributed by atoms with Gasteiger partial charge < -0.3 is 10.0 Å². The van der Waals surface area contributed by atoms with E-state index in [9.17, 15) is 5.11 Å². The summed E-state index contributed by atoms with van der Waals surface area (Å²) >= 11 is 2.08. The average molecular weight is 271 g/mol. The highest BCUT2D eigenvalue weighted by Crippen LogP contribution is 2.33. The van der Waals surface area contributed by atoms with Crippen LogP contribution in [0.3, 0.4) is 0 Å². The molecule has 4 unspecified atom stereocenters. The van der Waals surface area contributed by atoms with Crippen molar-refractivity contribution >= 4 is 11.8 Å². The third-order valence-corrected chi connectivity index (χ3v) is 5.94. The highest BCUT2D eigenvalue weighted by Gasteiger charge is 2.31. The predicted molar refractivity (Wildman–Crippen MR) is 80.1 cm³/mol. The summed E-state index contributed by atoms with van der Waals surface area (Å²) in [5.41, 5.74) is 0. The van der Waals surface area contributed by atoms with Crippen LogP contribution in [0.1, 0.15) is 45.4 Å². The molecule has 0 bridgehead atoms. The molecule has 18 heavy (non-hydrogen) atoms. The highest BCUT2D eigenvalue weighted by molar-refractivity contribution is 7.99. The van der Waals surface area contributed by atoms with Crippen LogP contribution in [0.2, 0.25) is 0 Å². The van der Waals surface area contributed by atoms with Crippen LogP contribution in [0.4, 0.5) is 0 Å². The fraction of sp³-hybridized carbons (Fsp3) is 1.00. The zero-order chi connectivity index (χ0) is 13.0. The summed E-state index contributed by atoms with van der Waals surface area (Å²) in [5.74, 6) is 4.00. The first kappa shape index (κ1) is 14.7. The van der Waals surface area contributed by atoms with Crippen LogP contribution < -0.4 is 0 Å². The Morgan fingerprint density at radius 3 is 2.78 bits per heavy atom. The number of aliphatic hydroxyl groups excluding tert-OH is 1. The van der Waals surface area contributed by atoms with Gasteiger partial charge in [-0.15, -0.1) is 0 Å². The molecule has 0 amide bonds. The Morgan fingerprint density at radius 2 is 2.11 bits per heavy atom. The first-order chi connectivity index (χ1) is 8.70. The summed E-state index contributed by atoms with van der Waals surface area (Å²) in [7, 11) is 2.26. The zero-order valence-corrected chi connectivity index (χ0v) is 12.8. The van der Waals surface area contributed by atoms with Crippen molar-refractivity contribution < 1.29 is 5.11 Å². The van der Waals surface area contributed by atoms with E-state index < -0.39 is 0 Å². The summed E-state index contributed by atoms with van der Waals surface area (Å²) in [4.78, 5) is 2.52. The van der Waals surface area contributed by atoms with Gasteiger partial charge in [0.1, 0.15) is 0 Å². The number of thioether (sulfide) groups is 1. The van der Waals surface area contributed by atoms with Gasteiger partial charge in [-0.3, -0.25) is 0 Å². The van der Waals surface area contributed by atoms with Crippen LogP contribution in [0.25, 0.3) is 0 Å². The van der Waals surface area contributed by atoms with E-state index >= 15 is 0 Å². The van der Waals surface area contributed by atoms with Crippen LogP contribution in [0.5, 0.6) is 0 Å². The molecular weight excluding hydrogens is 242 g/mol. The van der Waals surface area contributed by atoms with E-state index in [1.165, 1.54) is 43.6 Å². The van der Waals surface area contributed by atoms with Crippen molar-refractivity contribution in [2.75, 3.05) is 25.1 Å². The molecule has 4 atom stereocenters. The van der Waals surface area contributed by atoms with Gasteiger partial charge in [-0.2, -0.15) is 11.8 Å². The number of rotatable bonds is 5. The van der Waals surface area contributed by atoms with E-state index in [0.717, 1.165) is 24.9 Å². The molecule has 0 aromatic carbocycles. The third kappa shape index (κ3) is 3.88. The number of aliphatic hydroxyl groups is 1. The molecule has 2 rings (SSSR count). The molecule has 106 valence electrons. The Hall–Kier alpha value is 0.270. The van der Waals surface area contributed by atoms with E-state index in [1.807, 2.05) is 0 Å². The lowest BCUT2D eigenvalue weighted by Crippen LogP contribution is -2.41. The molecule has 0 spiro atoms. The van der Waals surface area contributed by atoms with Crippen molar-refractivity contribution in [1.29, 1.82) is 0 Å². The standard InChI is InChI=1S/C15H29NOS/c1-3-4-12-5-6-15(17)13(9-12)10-16(2)14-7-8-18-11-14/h12-15,17H,3-11H2,1-2H3. The van der Waals surface area contributed by atoms with E-state index in [0.29, 0.717) is 5.92 Å². The lowest BCUT2D eigenvalue weighted by atomic mass is 9.77. The SMILES string of the molecule is CCCC1CCC(O)C(CN(C)C2CCSC2)C1. The minimum absolute atomic E-state index is 0.0467. The van der Waals surface area contributed by atoms with Gasteiger partial charge in [-0.1, -0.05) is 19.8 Å². The number of hydrogen-bond acceptors (Lipinski definition) is 3. The summed E-state index contributed by atoms with van der Waals surface area (Å²) in [6.07, 6.45) is 7.46. The van der Waals surface area contributed by atoms with Gasteiger partial charge >= 0.3 is 0 Å². The third-order valence-electron chi connectivity index (χ3n) is 4.80. The summed E-state index contributed by atoms with van der Waals surface area (Å²) in [5, 5.41) is 10.2. The predicted octanol–water partition coefficient (Wildman–Crippen LogP) is 3.00. The van der Waals surface area contributed by atoms with Crippen molar-refractivity contribution in [3.8, 4) is 0 Å². The Morgan fingerprint density at radius 1 is 1.28 bits per heavy atom. The van der Waals surface area contributed by atoms with Crippen molar-refractivity contribution in [3.05, 3.63) is 0 Å². The summed E-state index contributed by atoms with van der Waals surface area (Å²) in [6, 6.07) is 0.758. The van der Waals surface area contributed by atoms with Gasteiger partial charge in [-0.25, -0.2) is 0 Å². The lowest BCUT2D eigenvalue weighted by Gasteiger charge is -2.37. The molecule has 1 aliphatic heterocycles. The Kier molecular flexibility index (Phi) is 5.84. The quantitative estimate of drug-likeness (QED) is 0.831. The fourth-order valence-corrected chi connectivity index (χ4v) is 4.90. The van der Waals surface area contributed by atoms with Crippen molar-refractivity contribution in [3.63, 3.8) is 0 Å². The Bertz CT molecular complexity index is 243. The number of nitrogens with zero attached hydrogens (tertiary/aromatic N) is 1. The molecule has 0 aromatic heterocycles. The van der Waals surface area contributed by atoms with Crippen molar-refractivity contribution in [2.45, 2.75) is 57.6 Å². The largest absolute Gasteiger partial charge is 0.393 e. The fourth-order valence-electron chi connectivity index (χ4n) is 3.60.